The number of benzene rings is 2. The van der Waals surface area contributed by atoms with Crippen molar-refractivity contribution in [2.24, 2.45) is 5.73 Å². The number of hydrogen-bond acceptors (Lipinski definition) is 8. The van der Waals surface area contributed by atoms with E-state index in [-0.39, 0.29) is 47.5 Å². The van der Waals surface area contributed by atoms with Crippen LogP contribution in [-0.4, -0.2) is 64.7 Å². The average Bonchev–Trinajstić information content (AvgIpc) is 3.29. The molecule has 5 N–H and O–H groups in total. The molecule has 0 saturated carbocycles. The molecule has 4 rings (SSSR count). The number of H-pyrrole nitrogens is 1. The summed E-state index contributed by atoms with van der Waals surface area (Å²) in [6.07, 6.45) is 1.28. The van der Waals surface area contributed by atoms with Crippen LogP contribution in [0.25, 0.3) is 28.2 Å². The summed E-state index contributed by atoms with van der Waals surface area (Å²) in [5, 5.41) is 5.53. The molecular weight excluding hydrogens is 538 g/mol. The Morgan fingerprint density at radius 1 is 1.02 bits per heavy atom. The lowest BCUT2D eigenvalue weighted by atomic mass is 10.2. The number of methoxy groups -OCH3 is 1. The summed E-state index contributed by atoms with van der Waals surface area (Å²) in [5.41, 5.74) is 6.38. The van der Waals surface area contributed by atoms with Crippen molar-refractivity contribution in [3.05, 3.63) is 64.7 Å². The standard InChI is InChI=1S/C27H31N7O5.ClH/c1-3-39-18-12-10-17(11-13-18)24-31-23(26(36)30-15-7-6-14-29-21(35)16-28)22-25(33-24)34(27(37)32-22)19-8-4-5-9-20(19)38-2;/h4-5,8-13H,3,6-7,14-16,28H2,1-2H3,(H,29,35)(H,30,36)(H,32,37);1H. The van der Waals surface area contributed by atoms with Gasteiger partial charge in [0.1, 0.15) is 17.0 Å². The van der Waals surface area contributed by atoms with Gasteiger partial charge in [0.05, 0.1) is 25.9 Å². The van der Waals surface area contributed by atoms with Gasteiger partial charge in [0, 0.05) is 18.7 Å². The number of nitrogens with two attached hydrogens (primary N) is 1. The topological polar surface area (TPSA) is 166 Å². The van der Waals surface area contributed by atoms with E-state index in [0.717, 1.165) is 0 Å². The molecule has 0 aliphatic heterocycles. The van der Waals surface area contributed by atoms with Crippen molar-refractivity contribution in [1.82, 2.24) is 30.2 Å². The van der Waals surface area contributed by atoms with Gasteiger partial charge in [-0.2, -0.15) is 0 Å². The van der Waals surface area contributed by atoms with E-state index in [1.165, 1.54) is 11.7 Å². The molecule has 0 aliphatic rings. The van der Waals surface area contributed by atoms with E-state index >= 15 is 0 Å². The predicted molar refractivity (Wildman–Crippen MR) is 154 cm³/mol. The van der Waals surface area contributed by atoms with Gasteiger partial charge in [-0.05, 0) is 56.2 Å². The Labute approximate surface area is 236 Å². The first kappa shape index (κ1) is 30.1. The molecule has 0 bridgehead atoms. The summed E-state index contributed by atoms with van der Waals surface area (Å²) in [6.45, 7) is 3.16. The number of ether oxygens (including phenoxy) is 2. The molecule has 13 heteroatoms. The number of carbonyl (C=O) groups excluding carboxylic acids is 2. The van der Waals surface area contributed by atoms with E-state index in [0.29, 0.717) is 55.3 Å². The Hall–Kier alpha value is -4.42. The number of aromatic nitrogens is 4. The van der Waals surface area contributed by atoms with Crippen molar-refractivity contribution < 1.29 is 19.1 Å². The minimum atomic E-state index is -0.489. The number of hydrogen-bond donors (Lipinski definition) is 4. The minimum Gasteiger partial charge on any atom is -0.495 e. The van der Waals surface area contributed by atoms with Gasteiger partial charge in [0.2, 0.25) is 5.91 Å². The first-order chi connectivity index (χ1) is 19.0. The maximum Gasteiger partial charge on any atom is 0.332 e. The van der Waals surface area contributed by atoms with Crippen LogP contribution < -0.4 is 31.5 Å². The maximum atomic E-state index is 13.3. The highest BCUT2D eigenvalue weighted by atomic mass is 35.5. The van der Waals surface area contributed by atoms with Crippen LogP contribution in [0.4, 0.5) is 0 Å². The van der Waals surface area contributed by atoms with Crippen molar-refractivity contribution in [1.29, 1.82) is 0 Å². The smallest absolute Gasteiger partial charge is 0.332 e. The second-order valence-corrected chi connectivity index (χ2v) is 8.51. The van der Waals surface area contributed by atoms with Crippen molar-refractivity contribution in [3.8, 4) is 28.6 Å². The Morgan fingerprint density at radius 3 is 2.40 bits per heavy atom. The fourth-order valence-electron chi connectivity index (χ4n) is 4.02. The van der Waals surface area contributed by atoms with Gasteiger partial charge < -0.3 is 30.8 Å². The first-order valence-corrected chi connectivity index (χ1v) is 12.6. The van der Waals surface area contributed by atoms with Crippen LogP contribution in [0.3, 0.4) is 0 Å². The Bertz CT molecular complexity index is 1520. The molecule has 2 heterocycles. The molecule has 0 atom stereocenters. The molecule has 0 fully saturated rings. The number of imidazole rings is 1. The zero-order chi connectivity index (χ0) is 27.8. The molecule has 40 heavy (non-hydrogen) atoms. The molecule has 0 radical (unpaired) electrons. The number of fused-ring (bicyclic) bond motifs is 1. The van der Waals surface area contributed by atoms with Crippen molar-refractivity contribution >= 4 is 35.4 Å². The second-order valence-electron chi connectivity index (χ2n) is 8.51. The molecule has 0 aliphatic carbocycles. The van der Waals surface area contributed by atoms with Crippen LogP contribution in [0.5, 0.6) is 11.5 Å². The van der Waals surface area contributed by atoms with E-state index in [4.69, 9.17) is 15.2 Å². The van der Waals surface area contributed by atoms with Gasteiger partial charge >= 0.3 is 5.69 Å². The highest BCUT2D eigenvalue weighted by molar-refractivity contribution is 6.03. The van der Waals surface area contributed by atoms with Gasteiger partial charge in [-0.15, -0.1) is 12.4 Å². The number of unbranched alkanes of at least 4 members (excludes halogenated alkanes) is 1. The highest BCUT2D eigenvalue weighted by Crippen LogP contribution is 2.27. The number of amides is 2. The third kappa shape index (κ3) is 6.77. The first-order valence-electron chi connectivity index (χ1n) is 12.6. The summed E-state index contributed by atoms with van der Waals surface area (Å²) in [4.78, 5) is 49.7. The minimum absolute atomic E-state index is 0. The van der Waals surface area contributed by atoms with Gasteiger partial charge in [-0.3, -0.25) is 9.59 Å². The Kier molecular flexibility index (Phi) is 10.6. The van der Waals surface area contributed by atoms with E-state index in [1.807, 2.05) is 6.92 Å². The van der Waals surface area contributed by atoms with Gasteiger partial charge in [0.15, 0.2) is 17.2 Å². The van der Waals surface area contributed by atoms with Crippen LogP contribution in [0.1, 0.15) is 30.3 Å². The lowest BCUT2D eigenvalue weighted by Gasteiger charge is -2.11. The lowest BCUT2D eigenvalue weighted by Crippen LogP contribution is -2.31. The number of para-hydroxylation sites is 2. The normalized spacial score (nSPS) is 10.6. The molecular formula is C27H32ClN7O5. The zero-order valence-electron chi connectivity index (χ0n) is 22.2. The number of nitrogens with zero attached hydrogens (tertiary/aromatic N) is 3. The number of nitrogens with one attached hydrogen (secondary N) is 3. The monoisotopic (exact) mass is 569 g/mol. The molecule has 2 aromatic heterocycles. The Morgan fingerprint density at radius 2 is 1.73 bits per heavy atom. The van der Waals surface area contributed by atoms with Crippen LogP contribution >= 0.6 is 12.4 Å². The fraction of sp³-hybridized carbons (Fsp3) is 0.296. The molecule has 4 aromatic rings. The predicted octanol–water partition coefficient (Wildman–Crippen LogP) is 2.19. The summed E-state index contributed by atoms with van der Waals surface area (Å²) < 4.78 is 12.4. The highest BCUT2D eigenvalue weighted by Gasteiger charge is 2.22. The number of halogens is 1. The summed E-state index contributed by atoms with van der Waals surface area (Å²) in [7, 11) is 1.51. The van der Waals surface area contributed by atoms with E-state index in [2.05, 4.69) is 25.6 Å². The molecule has 2 aromatic carbocycles. The Balaban J connectivity index is 0.00000441. The molecule has 12 nitrogen and oxygen atoms in total. The average molecular weight is 570 g/mol. The molecule has 0 saturated heterocycles. The lowest BCUT2D eigenvalue weighted by molar-refractivity contribution is -0.119. The molecule has 2 amide bonds. The SMILES string of the molecule is CCOc1ccc(-c2nc(C(=O)NCCCCNC(=O)CN)c3[nH]c(=O)n(-c4ccccc4OC)c3n2)cc1.Cl. The quantitative estimate of drug-likeness (QED) is 0.188. The van der Waals surface area contributed by atoms with E-state index in [9.17, 15) is 14.4 Å². The van der Waals surface area contributed by atoms with Crippen molar-refractivity contribution in [2.75, 3.05) is 33.4 Å². The summed E-state index contributed by atoms with van der Waals surface area (Å²) in [5.74, 6) is 0.731. The van der Waals surface area contributed by atoms with E-state index in [1.54, 1.807) is 48.5 Å². The van der Waals surface area contributed by atoms with E-state index < -0.39 is 11.6 Å². The number of aromatic amines is 1. The second kappa shape index (κ2) is 14.1. The largest absolute Gasteiger partial charge is 0.495 e. The van der Waals surface area contributed by atoms with Gasteiger partial charge in [-0.1, -0.05) is 12.1 Å². The van der Waals surface area contributed by atoms with Crippen LogP contribution in [-0.2, 0) is 4.79 Å². The third-order valence-corrected chi connectivity index (χ3v) is 5.90. The van der Waals surface area contributed by atoms with Crippen molar-refractivity contribution in [3.63, 3.8) is 0 Å². The molecule has 0 spiro atoms. The van der Waals surface area contributed by atoms with Gasteiger partial charge in [-0.25, -0.2) is 19.3 Å². The fourth-order valence-corrected chi connectivity index (χ4v) is 4.02. The zero-order valence-corrected chi connectivity index (χ0v) is 23.0. The van der Waals surface area contributed by atoms with Crippen LogP contribution in [0, 0.1) is 0 Å². The number of rotatable bonds is 12. The summed E-state index contributed by atoms with van der Waals surface area (Å²) in [6, 6.07) is 14.2. The van der Waals surface area contributed by atoms with Crippen LogP contribution in [0.15, 0.2) is 53.3 Å². The van der Waals surface area contributed by atoms with Gasteiger partial charge in [0.25, 0.3) is 5.91 Å². The van der Waals surface area contributed by atoms with Crippen LogP contribution in [0.2, 0.25) is 0 Å². The number of carbonyl (C=O) groups is 2. The summed E-state index contributed by atoms with van der Waals surface area (Å²) >= 11 is 0. The van der Waals surface area contributed by atoms with Crippen molar-refractivity contribution in [2.45, 2.75) is 19.8 Å². The molecule has 212 valence electrons. The third-order valence-electron chi connectivity index (χ3n) is 5.90. The maximum absolute atomic E-state index is 13.3. The molecule has 0 unspecified atom stereocenters.